The zero-order valence-corrected chi connectivity index (χ0v) is 34.8. The van der Waals surface area contributed by atoms with E-state index in [2.05, 4.69) is 47.1 Å². The molecule has 1 aromatic heterocycles. The van der Waals surface area contributed by atoms with E-state index in [1.807, 2.05) is 115 Å². The van der Waals surface area contributed by atoms with Crippen molar-refractivity contribution in [1.82, 2.24) is 14.8 Å². The molecule has 3 N–H and O–H groups in total. The Morgan fingerprint density at radius 1 is 0.721 bits per heavy atom. The minimum absolute atomic E-state index is 0.0428. The number of para-hydroxylation sites is 1. The zero-order valence-electron chi connectivity index (χ0n) is 34.8. The minimum atomic E-state index is -0.997. The molecule has 0 fully saturated rings. The van der Waals surface area contributed by atoms with Gasteiger partial charge in [-0.15, -0.1) is 0 Å². The summed E-state index contributed by atoms with van der Waals surface area (Å²) >= 11 is 0. The lowest BCUT2D eigenvalue weighted by atomic mass is 9.97. The maximum Gasteiger partial charge on any atom is 0.306 e. The number of hydrogen-bond donors (Lipinski definition) is 2. The van der Waals surface area contributed by atoms with Crippen molar-refractivity contribution in [2.24, 2.45) is 5.73 Å². The standard InChI is InChI=1S/C52H54N4O5/c1-2-3-13-30-56(43(33-49(53)57)32-38-28-29-39-18-7-8-20-41(39)31-38)52(60)47(25-15-27-50(58)61-36-37-16-5-4-6-17-37)54-51(59)46-35-55(48-26-12-11-24-45(46)48)34-42-22-14-21-40-19-9-10-23-44(40)42/h4-12,14,16-24,26,28-29,31,35,43,47H,2-3,13,15,25,27,30,32-34,36H2,1H3,(H2,53,57)(H,54,59)/t43-,47-/m0/s1. The van der Waals surface area contributed by atoms with Gasteiger partial charge in [-0.25, -0.2) is 0 Å². The second-order valence-electron chi connectivity index (χ2n) is 15.8. The fourth-order valence-corrected chi connectivity index (χ4v) is 8.29. The topological polar surface area (TPSA) is 124 Å². The fourth-order valence-electron chi connectivity index (χ4n) is 8.29. The van der Waals surface area contributed by atoms with Crippen molar-refractivity contribution in [3.05, 3.63) is 168 Å². The number of amides is 3. The Morgan fingerprint density at radius 2 is 1.43 bits per heavy atom. The average molecular weight is 815 g/mol. The lowest BCUT2D eigenvalue weighted by Crippen LogP contribution is -2.53. The molecule has 6 aromatic carbocycles. The molecule has 9 nitrogen and oxygen atoms in total. The van der Waals surface area contributed by atoms with Crippen LogP contribution in [0.15, 0.2) is 146 Å². The molecule has 61 heavy (non-hydrogen) atoms. The molecule has 0 aliphatic heterocycles. The molecule has 0 saturated heterocycles. The van der Waals surface area contributed by atoms with Crippen LogP contribution in [0.4, 0.5) is 0 Å². The van der Waals surface area contributed by atoms with Gasteiger partial charge in [-0.2, -0.15) is 0 Å². The van der Waals surface area contributed by atoms with Gasteiger partial charge in [0.1, 0.15) is 12.6 Å². The van der Waals surface area contributed by atoms with Crippen molar-refractivity contribution in [1.29, 1.82) is 0 Å². The lowest BCUT2D eigenvalue weighted by Gasteiger charge is -2.35. The first-order valence-corrected chi connectivity index (χ1v) is 21.4. The van der Waals surface area contributed by atoms with Crippen molar-refractivity contribution in [2.75, 3.05) is 6.54 Å². The Labute approximate surface area is 357 Å². The van der Waals surface area contributed by atoms with Crippen molar-refractivity contribution >= 4 is 56.1 Å². The molecule has 0 bridgehead atoms. The van der Waals surface area contributed by atoms with Crippen LogP contribution < -0.4 is 11.1 Å². The number of aromatic nitrogens is 1. The third-order valence-corrected chi connectivity index (χ3v) is 11.4. The van der Waals surface area contributed by atoms with E-state index in [0.29, 0.717) is 37.9 Å². The van der Waals surface area contributed by atoms with Crippen molar-refractivity contribution in [3.8, 4) is 0 Å². The van der Waals surface area contributed by atoms with Gasteiger partial charge in [0.05, 0.1) is 5.56 Å². The van der Waals surface area contributed by atoms with E-state index in [0.717, 1.165) is 62.0 Å². The predicted molar refractivity (Wildman–Crippen MR) is 243 cm³/mol. The van der Waals surface area contributed by atoms with Crippen molar-refractivity contribution in [2.45, 2.75) is 83.5 Å². The summed E-state index contributed by atoms with van der Waals surface area (Å²) < 4.78 is 7.64. The van der Waals surface area contributed by atoms with Gasteiger partial charge in [0.2, 0.25) is 11.8 Å². The number of carbonyl (C=O) groups excluding carboxylic acids is 4. The molecule has 7 aromatic rings. The Balaban J connectivity index is 1.18. The Morgan fingerprint density at radius 3 is 2.21 bits per heavy atom. The number of fused-ring (bicyclic) bond motifs is 3. The van der Waals surface area contributed by atoms with Crippen LogP contribution in [-0.4, -0.2) is 51.8 Å². The number of nitrogens with two attached hydrogens (primary N) is 1. The second-order valence-corrected chi connectivity index (χ2v) is 15.8. The number of hydrogen-bond acceptors (Lipinski definition) is 5. The van der Waals surface area contributed by atoms with Gasteiger partial charge in [0.25, 0.3) is 5.91 Å². The maximum absolute atomic E-state index is 15.1. The fraction of sp³-hybridized carbons (Fsp3) is 0.269. The van der Waals surface area contributed by atoms with E-state index in [-0.39, 0.29) is 37.7 Å². The molecule has 0 spiro atoms. The van der Waals surface area contributed by atoms with Gasteiger partial charge in [0.15, 0.2) is 0 Å². The van der Waals surface area contributed by atoms with Crippen LogP contribution in [0.2, 0.25) is 0 Å². The molecule has 0 radical (unpaired) electrons. The van der Waals surface area contributed by atoms with Gasteiger partial charge in [-0.3, -0.25) is 19.2 Å². The first-order chi connectivity index (χ1) is 29.8. The molecular weight excluding hydrogens is 761 g/mol. The van der Waals surface area contributed by atoms with E-state index in [1.165, 1.54) is 0 Å². The summed E-state index contributed by atoms with van der Waals surface area (Å²) in [6, 6.07) is 44.4. The summed E-state index contributed by atoms with van der Waals surface area (Å²) in [5, 5.41) is 8.31. The third-order valence-electron chi connectivity index (χ3n) is 11.4. The van der Waals surface area contributed by atoms with Crippen LogP contribution in [0.5, 0.6) is 0 Å². The Bertz CT molecular complexity index is 2610. The number of unbranched alkanes of at least 4 members (excludes halogenated alkanes) is 2. The molecule has 1 heterocycles. The number of benzene rings is 6. The predicted octanol–water partition coefficient (Wildman–Crippen LogP) is 9.51. The van der Waals surface area contributed by atoms with E-state index < -0.39 is 23.9 Å². The molecule has 9 heteroatoms. The first-order valence-electron chi connectivity index (χ1n) is 21.4. The number of ether oxygens (including phenoxy) is 1. The number of esters is 1. The lowest BCUT2D eigenvalue weighted by molar-refractivity contribution is -0.145. The number of primary amides is 1. The largest absolute Gasteiger partial charge is 0.461 e. The number of rotatable bonds is 20. The summed E-state index contributed by atoms with van der Waals surface area (Å²) in [5.74, 6) is -1.61. The number of nitrogens with one attached hydrogen (secondary N) is 1. The van der Waals surface area contributed by atoms with Gasteiger partial charge in [-0.1, -0.05) is 153 Å². The molecule has 0 saturated carbocycles. The van der Waals surface area contributed by atoms with Gasteiger partial charge in [0, 0.05) is 49.1 Å². The summed E-state index contributed by atoms with van der Waals surface area (Å²) in [6.07, 6.45) is 5.28. The maximum atomic E-state index is 15.1. The molecule has 2 atom stereocenters. The van der Waals surface area contributed by atoms with Crippen molar-refractivity contribution < 1.29 is 23.9 Å². The van der Waals surface area contributed by atoms with E-state index >= 15 is 4.79 Å². The monoisotopic (exact) mass is 814 g/mol. The highest BCUT2D eigenvalue weighted by atomic mass is 16.5. The smallest absolute Gasteiger partial charge is 0.306 e. The number of carbonyl (C=O) groups is 4. The highest BCUT2D eigenvalue weighted by Crippen LogP contribution is 2.27. The van der Waals surface area contributed by atoms with Crippen LogP contribution in [0.25, 0.3) is 32.4 Å². The normalized spacial score (nSPS) is 12.3. The zero-order chi connectivity index (χ0) is 42.6. The van der Waals surface area contributed by atoms with Gasteiger partial charge >= 0.3 is 5.97 Å². The Kier molecular flexibility index (Phi) is 14.2. The molecule has 3 amide bonds. The Hall–Kier alpha value is -6.74. The van der Waals surface area contributed by atoms with Crippen LogP contribution in [0, 0.1) is 0 Å². The quantitative estimate of drug-likeness (QED) is 0.0586. The summed E-state index contributed by atoms with van der Waals surface area (Å²) in [5.41, 5.74) is 10.2. The number of nitrogens with zero attached hydrogens (tertiary/aromatic N) is 2. The van der Waals surface area contributed by atoms with Crippen LogP contribution in [0.1, 0.15) is 78.9 Å². The van der Waals surface area contributed by atoms with Gasteiger partial charge < -0.3 is 25.3 Å². The second kappa shape index (κ2) is 20.5. The summed E-state index contributed by atoms with van der Waals surface area (Å²) in [6.45, 7) is 3.17. The first kappa shape index (κ1) is 42.4. The van der Waals surface area contributed by atoms with Crippen LogP contribution >= 0.6 is 0 Å². The van der Waals surface area contributed by atoms with E-state index in [1.54, 1.807) is 4.90 Å². The minimum Gasteiger partial charge on any atom is -0.461 e. The van der Waals surface area contributed by atoms with Crippen molar-refractivity contribution in [3.63, 3.8) is 0 Å². The SMILES string of the molecule is CCCCCN(C(=O)[C@H](CCCC(=O)OCc1ccccc1)NC(=O)c1cn(Cc2cccc3ccccc23)c2ccccc12)[C@H](CC(N)=O)Cc1ccc2ccccc2c1. The molecular formula is C52H54N4O5. The van der Waals surface area contributed by atoms with E-state index in [4.69, 9.17) is 10.5 Å². The molecule has 0 aliphatic rings. The van der Waals surface area contributed by atoms with Crippen LogP contribution in [-0.2, 0) is 38.7 Å². The molecule has 7 rings (SSSR count). The van der Waals surface area contributed by atoms with Crippen LogP contribution in [0.3, 0.4) is 0 Å². The van der Waals surface area contributed by atoms with Gasteiger partial charge in [-0.05, 0) is 70.0 Å². The summed E-state index contributed by atoms with van der Waals surface area (Å²) in [7, 11) is 0. The van der Waals surface area contributed by atoms with E-state index in [9.17, 15) is 14.4 Å². The molecule has 0 aliphatic carbocycles. The third kappa shape index (κ3) is 10.9. The average Bonchev–Trinajstić information content (AvgIpc) is 3.65. The highest BCUT2D eigenvalue weighted by molar-refractivity contribution is 6.08. The molecule has 312 valence electrons. The highest BCUT2D eigenvalue weighted by Gasteiger charge is 2.32. The molecule has 0 unspecified atom stereocenters. The summed E-state index contributed by atoms with van der Waals surface area (Å²) in [4.78, 5) is 57.1.